The standard InChI is InChI=1S/C15H15N3O2S.2ClH/c16-8-10-18-11-14(13-7-4-9-17-15(13)18)21(19,20)12-5-2-1-3-6-12;;/h1-7,9,11H,8,10,16H2;2*1H. The van der Waals surface area contributed by atoms with E-state index in [-0.39, 0.29) is 34.6 Å². The Morgan fingerprint density at radius 2 is 1.74 bits per heavy atom. The maximum atomic E-state index is 12.8. The van der Waals surface area contributed by atoms with Crippen LogP contribution in [0.4, 0.5) is 0 Å². The number of benzene rings is 1. The lowest BCUT2D eigenvalue weighted by atomic mass is 10.3. The van der Waals surface area contributed by atoms with Gasteiger partial charge in [-0.15, -0.1) is 24.8 Å². The molecule has 0 atom stereocenters. The molecule has 0 aliphatic carbocycles. The van der Waals surface area contributed by atoms with Crippen molar-refractivity contribution in [3.63, 3.8) is 0 Å². The van der Waals surface area contributed by atoms with Crippen molar-refractivity contribution in [2.45, 2.75) is 16.3 Å². The molecule has 0 radical (unpaired) electrons. The van der Waals surface area contributed by atoms with Gasteiger partial charge in [-0.1, -0.05) is 18.2 Å². The molecule has 0 amide bonds. The van der Waals surface area contributed by atoms with E-state index in [9.17, 15) is 8.42 Å². The first-order valence-electron chi connectivity index (χ1n) is 6.58. The summed E-state index contributed by atoms with van der Waals surface area (Å²) in [6.07, 6.45) is 3.27. The summed E-state index contributed by atoms with van der Waals surface area (Å²) in [4.78, 5) is 4.82. The molecule has 0 bridgehead atoms. The summed E-state index contributed by atoms with van der Waals surface area (Å²) in [5.41, 5.74) is 6.22. The second kappa shape index (κ2) is 7.79. The van der Waals surface area contributed by atoms with Crippen LogP contribution in [0.3, 0.4) is 0 Å². The van der Waals surface area contributed by atoms with Gasteiger partial charge in [0.15, 0.2) is 0 Å². The molecule has 0 fully saturated rings. The van der Waals surface area contributed by atoms with E-state index >= 15 is 0 Å². The monoisotopic (exact) mass is 373 g/mol. The summed E-state index contributed by atoms with van der Waals surface area (Å²) in [7, 11) is -3.56. The first kappa shape index (κ1) is 19.4. The molecule has 124 valence electrons. The van der Waals surface area contributed by atoms with E-state index < -0.39 is 9.84 Å². The Balaban J connectivity index is 0.00000132. The Morgan fingerprint density at radius 3 is 2.39 bits per heavy atom. The third kappa shape index (κ3) is 3.50. The summed E-state index contributed by atoms with van der Waals surface area (Å²) < 4.78 is 27.4. The smallest absolute Gasteiger partial charge is 0.208 e. The molecule has 0 unspecified atom stereocenters. The van der Waals surface area contributed by atoms with Crippen LogP contribution in [-0.2, 0) is 16.4 Å². The molecule has 0 aliphatic rings. The van der Waals surface area contributed by atoms with Gasteiger partial charge in [0.05, 0.1) is 9.79 Å². The molecule has 3 rings (SSSR count). The summed E-state index contributed by atoms with van der Waals surface area (Å²) >= 11 is 0. The van der Waals surface area contributed by atoms with E-state index in [0.29, 0.717) is 24.1 Å². The molecule has 2 aromatic heterocycles. The summed E-state index contributed by atoms with van der Waals surface area (Å²) in [6, 6.07) is 11.9. The lowest BCUT2D eigenvalue weighted by Gasteiger charge is -2.02. The number of nitrogens with zero attached hydrogens (tertiary/aromatic N) is 2. The zero-order chi connectivity index (χ0) is 14.9. The summed E-state index contributed by atoms with van der Waals surface area (Å²) in [5, 5.41) is 0.620. The minimum atomic E-state index is -3.56. The third-order valence-corrected chi connectivity index (χ3v) is 5.11. The van der Waals surface area contributed by atoms with Crippen LogP contribution in [0.25, 0.3) is 11.0 Å². The van der Waals surface area contributed by atoms with Crippen LogP contribution < -0.4 is 5.73 Å². The summed E-state index contributed by atoms with van der Waals surface area (Å²) in [5.74, 6) is 0. The molecule has 0 saturated carbocycles. The van der Waals surface area contributed by atoms with Crippen molar-refractivity contribution in [1.29, 1.82) is 0 Å². The van der Waals surface area contributed by atoms with Gasteiger partial charge in [0, 0.05) is 30.9 Å². The van der Waals surface area contributed by atoms with Crippen LogP contribution in [0.15, 0.2) is 64.6 Å². The minimum Gasteiger partial charge on any atom is -0.330 e. The average molecular weight is 374 g/mol. The lowest BCUT2D eigenvalue weighted by Crippen LogP contribution is -2.09. The maximum Gasteiger partial charge on any atom is 0.208 e. The molecule has 1 aromatic carbocycles. The van der Waals surface area contributed by atoms with E-state index in [1.54, 1.807) is 59.4 Å². The lowest BCUT2D eigenvalue weighted by molar-refractivity contribution is 0.596. The number of hydrogen-bond donors (Lipinski definition) is 1. The van der Waals surface area contributed by atoms with Crippen LogP contribution in [0.1, 0.15) is 0 Å². The van der Waals surface area contributed by atoms with Crippen molar-refractivity contribution < 1.29 is 8.42 Å². The fourth-order valence-corrected chi connectivity index (χ4v) is 3.82. The van der Waals surface area contributed by atoms with Crippen LogP contribution in [0, 0.1) is 0 Å². The number of hydrogen-bond acceptors (Lipinski definition) is 4. The number of aromatic nitrogens is 2. The molecular formula is C15H17Cl2N3O2S. The highest BCUT2D eigenvalue weighted by Gasteiger charge is 2.23. The molecule has 3 aromatic rings. The van der Waals surface area contributed by atoms with Crippen molar-refractivity contribution >= 4 is 45.7 Å². The van der Waals surface area contributed by atoms with Gasteiger partial charge in [-0.3, -0.25) is 0 Å². The van der Waals surface area contributed by atoms with Gasteiger partial charge in [0.2, 0.25) is 9.84 Å². The Labute approximate surface area is 147 Å². The normalized spacial score (nSPS) is 10.8. The van der Waals surface area contributed by atoms with Crippen molar-refractivity contribution in [3.8, 4) is 0 Å². The fourth-order valence-electron chi connectivity index (χ4n) is 2.34. The number of pyridine rings is 1. The van der Waals surface area contributed by atoms with Gasteiger partial charge in [0.25, 0.3) is 0 Å². The van der Waals surface area contributed by atoms with Crippen molar-refractivity contribution in [3.05, 3.63) is 54.9 Å². The van der Waals surface area contributed by atoms with Gasteiger partial charge in [-0.25, -0.2) is 13.4 Å². The zero-order valence-electron chi connectivity index (χ0n) is 12.1. The number of nitrogens with two attached hydrogens (primary N) is 1. The van der Waals surface area contributed by atoms with E-state index in [1.165, 1.54) is 0 Å². The van der Waals surface area contributed by atoms with Crippen LogP contribution in [0.5, 0.6) is 0 Å². The van der Waals surface area contributed by atoms with Gasteiger partial charge >= 0.3 is 0 Å². The van der Waals surface area contributed by atoms with E-state index in [1.807, 2.05) is 0 Å². The van der Waals surface area contributed by atoms with Crippen LogP contribution >= 0.6 is 24.8 Å². The Bertz CT molecular complexity index is 880. The Kier molecular flexibility index (Phi) is 6.58. The highest BCUT2D eigenvalue weighted by atomic mass is 35.5. The van der Waals surface area contributed by atoms with Crippen molar-refractivity contribution in [2.75, 3.05) is 6.54 Å². The van der Waals surface area contributed by atoms with Crippen LogP contribution in [0.2, 0.25) is 0 Å². The predicted octanol–water partition coefficient (Wildman–Crippen LogP) is 2.67. The highest BCUT2D eigenvalue weighted by Crippen LogP contribution is 2.28. The number of sulfone groups is 1. The molecular weight excluding hydrogens is 357 g/mol. The first-order valence-corrected chi connectivity index (χ1v) is 8.07. The largest absolute Gasteiger partial charge is 0.330 e. The van der Waals surface area contributed by atoms with E-state index in [2.05, 4.69) is 4.98 Å². The second-order valence-corrected chi connectivity index (χ2v) is 6.58. The highest BCUT2D eigenvalue weighted by molar-refractivity contribution is 7.91. The fraction of sp³-hybridized carbons (Fsp3) is 0.133. The van der Waals surface area contributed by atoms with Gasteiger partial charge in [-0.2, -0.15) is 0 Å². The number of fused-ring (bicyclic) bond motifs is 1. The average Bonchev–Trinajstić information content (AvgIpc) is 2.88. The zero-order valence-corrected chi connectivity index (χ0v) is 14.6. The molecule has 2 heterocycles. The Morgan fingerprint density at radius 1 is 1.04 bits per heavy atom. The minimum absolute atomic E-state index is 0. The van der Waals surface area contributed by atoms with Gasteiger partial charge in [0.1, 0.15) is 5.65 Å². The maximum absolute atomic E-state index is 12.8. The predicted molar refractivity (Wildman–Crippen MR) is 95.2 cm³/mol. The molecule has 8 heteroatoms. The summed E-state index contributed by atoms with van der Waals surface area (Å²) in [6.45, 7) is 0.947. The quantitative estimate of drug-likeness (QED) is 0.762. The SMILES string of the molecule is Cl.Cl.NCCn1cc(S(=O)(=O)c2ccccc2)c2cccnc21. The molecule has 0 saturated heterocycles. The third-order valence-electron chi connectivity index (χ3n) is 3.31. The van der Waals surface area contributed by atoms with Gasteiger partial charge < -0.3 is 10.3 Å². The Hall–Kier alpha value is -1.60. The van der Waals surface area contributed by atoms with Crippen molar-refractivity contribution in [1.82, 2.24) is 9.55 Å². The molecule has 0 aliphatic heterocycles. The van der Waals surface area contributed by atoms with Crippen LogP contribution in [-0.4, -0.2) is 24.5 Å². The van der Waals surface area contributed by atoms with Gasteiger partial charge in [-0.05, 0) is 24.3 Å². The number of rotatable bonds is 4. The molecule has 0 spiro atoms. The topological polar surface area (TPSA) is 78.0 Å². The second-order valence-electron chi connectivity index (χ2n) is 4.67. The number of halogens is 2. The van der Waals surface area contributed by atoms with Crippen molar-refractivity contribution in [2.24, 2.45) is 5.73 Å². The molecule has 5 nitrogen and oxygen atoms in total. The van der Waals surface area contributed by atoms with E-state index in [0.717, 1.165) is 0 Å². The first-order chi connectivity index (χ1) is 10.1. The molecule has 23 heavy (non-hydrogen) atoms. The molecule has 2 N–H and O–H groups in total. The van der Waals surface area contributed by atoms with E-state index in [4.69, 9.17) is 5.73 Å².